The van der Waals surface area contributed by atoms with Gasteiger partial charge in [-0.1, -0.05) is 83.4 Å². The SMILES string of the molecule is C/C(=C\CC(C)C)c1cncc2[nH]c(-c3n[nH]c4ccc(-c5cnccc5C)cc34)cc12.C=C/C(=C\C(=C/C)c1ccc2[nH]nc(-c3cc4c(C5=CCC=C5)cncc4[nH]3)c2c1)NC(=C)CC(C)C. The van der Waals surface area contributed by atoms with E-state index in [-0.39, 0.29) is 0 Å². The van der Waals surface area contributed by atoms with Crippen molar-refractivity contribution in [1.82, 2.24) is 50.6 Å². The number of fused-ring (bicyclic) bond motifs is 4. The standard InChI is InChI=1S/C32H33N5.C27H27N5/c1-6-22(15-25(7-2)34-21(5)14-20(3)4)24-12-13-29-27(16-24)32(37-36-29)30-17-26-28(23-10-8-9-11-23)18-33-19-31(26)35-30;1-16(2)5-6-17(3)23-14-29-15-26-20(23)12-25(30-26)27-21-11-19(7-8-24(21)31-32-27)22-13-28-10-9-18(22)4/h6-8,10-13,15-20,34-35H,2,5,9,14H2,1,3-4H3,(H,36,37);6-16,30H,5H2,1-4H3,(H,31,32)/b22-6+,25-15+;17-6+. The van der Waals surface area contributed by atoms with Crippen molar-refractivity contribution in [2.24, 2.45) is 11.8 Å². The minimum Gasteiger partial charge on any atom is -0.359 e. The summed E-state index contributed by atoms with van der Waals surface area (Å²) in [4.78, 5) is 20.3. The van der Waals surface area contributed by atoms with E-state index in [2.05, 4.69) is 190 Å². The van der Waals surface area contributed by atoms with Crippen molar-refractivity contribution in [3.05, 3.63) is 181 Å². The summed E-state index contributed by atoms with van der Waals surface area (Å²) in [5.41, 5.74) is 20.1. The topological polar surface area (TPSA) is 140 Å². The second kappa shape index (κ2) is 20.0. The normalized spacial score (nSPS) is 13.3. The van der Waals surface area contributed by atoms with Gasteiger partial charge in [0.2, 0.25) is 0 Å². The van der Waals surface area contributed by atoms with E-state index in [1.165, 1.54) is 22.1 Å². The highest BCUT2D eigenvalue weighted by Crippen LogP contribution is 2.36. The van der Waals surface area contributed by atoms with Crippen molar-refractivity contribution in [2.75, 3.05) is 0 Å². The summed E-state index contributed by atoms with van der Waals surface area (Å²) in [5, 5.41) is 23.6. The molecule has 346 valence electrons. The molecule has 10 rings (SSSR count). The van der Waals surface area contributed by atoms with Gasteiger partial charge in [0.1, 0.15) is 11.4 Å². The first-order valence-corrected chi connectivity index (χ1v) is 23.8. The third kappa shape index (κ3) is 9.83. The molecule has 0 atom stereocenters. The van der Waals surface area contributed by atoms with Crippen LogP contribution in [0.3, 0.4) is 0 Å². The zero-order valence-electron chi connectivity index (χ0n) is 40.6. The number of aryl methyl sites for hydroxylation is 1. The monoisotopic (exact) mass is 909 g/mol. The number of nitrogens with one attached hydrogen (secondary N) is 5. The van der Waals surface area contributed by atoms with Gasteiger partial charge < -0.3 is 15.3 Å². The van der Waals surface area contributed by atoms with E-state index in [9.17, 15) is 0 Å². The Morgan fingerprint density at radius 3 is 2.10 bits per heavy atom. The minimum atomic E-state index is 0.539. The van der Waals surface area contributed by atoms with Crippen LogP contribution in [0.5, 0.6) is 0 Å². The molecule has 0 saturated heterocycles. The van der Waals surface area contributed by atoms with Gasteiger partial charge in [0.15, 0.2) is 0 Å². The van der Waals surface area contributed by atoms with Crippen molar-refractivity contribution in [3.8, 4) is 33.9 Å². The van der Waals surface area contributed by atoms with Gasteiger partial charge >= 0.3 is 0 Å². The average Bonchev–Trinajstić information content (AvgIpc) is 4.21. The minimum absolute atomic E-state index is 0.539. The largest absolute Gasteiger partial charge is 0.359 e. The fraction of sp³-hybridized carbons (Fsp3) is 0.203. The number of hydrogen-bond donors (Lipinski definition) is 5. The Morgan fingerprint density at radius 1 is 0.754 bits per heavy atom. The first kappa shape index (κ1) is 46.0. The van der Waals surface area contributed by atoms with Gasteiger partial charge in [-0.05, 0) is 140 Å². The lowest BCUT2D eigenvalue weighted by molar-refractivity contribution is 0.622. The van der Waals surface area contributed by atoms with Crippen LogP contribution in [0.25, 0.3) is 94.2 Å². The molecule has 0 bridgehead atoms. The third-order valence-corrected chi connectivity index (χ3v) is 12.6. The maximum Gasteiger partial charge on any atom is 0.116 e. The smallest absolute Gasteiger partial charge is 0.116 e. The summed E-state index contributed by atoms with van der Waals surface area (Å²) in [6.07, 6.45) is 29.3. The fourth-order valence-corrected chi connectivity index (χ4v) is 9.03. The number of benzene rings is 2. The quantitative estimate of drug-likeness (QED) is 0.0689. The molecule has 10 nitrogen and oxygen atoms in total. The van der Waals surface area contributed by atoms with E-state index < -0.39 is 0 Å². The number of nitrogens with zero attached hydrogens (tertiary/aromatic N) is 5. The Hall–Kier alpha value is -8.11. The summed E-state index contributed by atoms with van der Waals surface area (Å²) in [7, 11) is 0. The van der Waals surface area contributed by atoms with Crippen molar-refractivity contribution in [2.45, 2.75) is 67.7 Å². The van der Waals surface area contributed by atoms with Crippen LogP contribution in [0.15, 0.2) is 159 Å². The molecular weight excluding hydrogens is 849 g/mol. The molecule has 2 aromatic carbocycles. The van der Waals surface area contributed by atoms with Gasteiger partial charge in [0, 0.05) is 74.4 Å². The maximum atomic E-state index is 4.68. The van der Waals surface area contributed by atoms with Crippen molar-refractivity contribution >= 4 is 60.3 Å². The Morgan fingerprint density at radius 2 is 1.43 bits per heavy atom. The fourth-order valence-electron chi connectivity index (χ4n) is 9.03. The first-order valence-electron chi connectivity index (χ1n) is 23.8. The number of allylic oxidation sites excluding steroid dienone is 11. The predicted octanol–water partition coefficient (Wildman–Crippen LogP) is 15.0. The maximum absolute atomic E-state index is 4.68. The van der Waals surface area contributed by atoms with Crippen LogP contribution in [-0.4, -0.2) is 45.3 Å². The van der Waals surface area contributed by atoms with E-state index >= 15 is 0 Å². The second-order valence-corrected chi connectivity index (χ2v) is 18.7. The lowest BCUT2D eigenvalue weighted by Gasteiger charge is -2.13. The Balaban J connectivity index is 0.000000174. The van der Waals surface area contributed by atoms with Crippen LogP contribution in [0.4, 0.5) is 0 Å². The Labute approximate surface area is 403 Å². The molecule has 1 aliphatic carbocycles. The third-order valence-electron chi connectivity index (χ3n) is 12.6. The highest BCUT2D eigenvalue weighted by molar-refractivity contribution is 6.02. The van der Waals surface area contributed by atoms with Crippen molar-refractivity contribution in [3.63, 3.8) is 0 Å². The summed E-state index contributed by atoms with van der Waals surface area (Å²) < 4.78 is 0. The molecule has 10 heteroatoms. The highest BCUT2D eigenvalue weighted by atomic mass is 15.1. The summed E-state index contributed by atoms with van der Waals surface area (Å²) >= 11 is 0. The number of aromatic amines is 4. The van der Waals surface area contributed by atoms with Gasteiger partial charge in [0.05, 0.1) is 45.8 Å². The molecule has 7 aromatic heterocycles. The zero-order valence-corrected chi connectivity index (χ0v) is 40.6. The van der Waals surface area contributed by atoms with Crippen LogP contribution in [0.2, 0.25) is 0 Å². The van der Waals surface area contributed by atoms with Crippen LogP contribution >= 0.6 is 0 Å². The van der Waals surface area contributed by atoms with Gasteiger partial charge in [-0.25, -0.2) is 0 Å². The van der Waals surface area contributed by atoms with E-state index in [1.807, 2.05) is 56.2 Å². The molecule has 1 aliphatic rings. The molecule has 0 unspecified atom stereocenters. The number of rotatable bonds is 14. The van der Waals surface area contributed by atoms with Crippen LogP contribution < -0.4 is 5.32 Å². The average molecular weight is 909 g/mol. The molecule has 0 amide bonds. The Kier molecular flexibility index (Phi) is 13.3. The van der Waals surface area contributed by atoms with Gasteiger partial charge in [-0.3, -0.25) is 25.1 Å². The van der Waals surface area contributed by atoms with Crippen molar-refractivity contribution < 1.29 is 0 Å². The number of hydrogen-bond acceptors (Lipinski definition) is 6. The summed E-state index contributed by atoms with van der Waals surface area (Å²) in [6.45, 7) is 23.3. The van der Waals surface area contributed by atoms with E-state index in [1.54, 1.807) is 0 Å². The predicted molar refractivity (Wildman–Crippen MR) is 289 cm³/mol. The molecular formula is C59H60N10. The van der Waals surface area contributed by atoms with E-state index in [4.69, 9.17) is 0 Å². The second-order valence-electron chi connectivity index (χ2n) is 18.7. The van der Waals surface area contributed by atoms with Gasteiger partial charge in [-0.2, -0.15) is 10.2 Å². The summed E-state index contributed by atoms with van der Waals surface area (Å²) in [5.74, 6) is 1.17. The number of pyridine rings is 3. The number of aromatic nitrogens is 9. The molecule has 0 aliphatic heterocycles. The molecule has 7 heterocycles. The van der Waals surface area contributed by atoms with E-state index in [0.717, 1.165) is 125 Å². The zero-order chi connectivity index (χ0) is 48.2. The van der Waals surface area contributed by atoms with Gasteiger partial charge in [-0.15, -0.1) is 0 Å². The molecule has 9 aromatic rings. The summed E-state index contributed by atoms with van der Waals surface area (Å²) in [6, 6.07) is 19.2. The molecule has 0 radical (unpaired) electrons. The van der Waals surface area contributed by atoms with Gasteiger partial charge in [0.25, 0.3) is 0 Å². The molecule has 0 spiro atoms. The first-order chi connectivity index (χ1) is 33.5. The van der Waals surface area contributed by atoms with Crippen LogP contribution in [-0.2, 0) is 0 Å². The molecule has 0 saturated carbocycles. The Bertz CT molecular complexity index is 3540. The van der Waals surface area contributed by atoms with E-state index in [0.29, 0.717) is 11.8 Å². The van der Waals surface area contributed by atoms with Crippen molar-refractivity contribution in [1.29, 1.82) is 0 Å². The lowest BCUT2D eigenvalue weighted by Crippen LogP contribution is -2.12. The highest BCUT2D eigenvalue weighted by Gasteiger charge is 2.18. The number of H-pyrrole nitrogens is 4. The molecule has 0 fully saturated rings. The molecule has 5 N–H and O–H groups in total. The lowest BCUT2D eigenvalue weighted by atomic mass is 10.00. The van der Waals surface area contributed by atoms with Crippen LogP contribution in [0, 0.1) is 18.8 Å². The molecule has 69 heavy (non-hydrogen) atoms. The van der Waals surface area contributed by atoms with Crippen LogP contribution in [0.1, 0.15) is 83.1 Å².